The molecule has 2 aromatic carbocycles. The van der Waals surface area contributed by atoms with Gasteiger partial charge in [0.2, 0.25) is 0 Å². The predicted molar refractivity (Wildman–Crippen MR) is 76.4 cm³/mol. The van der Waals surface area contributed by atoms with Crippen LogP contribution in [0.5, 0.6) is 0 Å². The van der Waals surface area contributed by atoms with Crippen molar-refractivity contribution in [2.75, 3.05) is 0 Å². The molecule has 0 amide bonds. The van der Waals surface area contributed by atoms with Gasteiger partial charge >= 0.3 is 0 Å². The molecule has 0 unspecified atom stereocenters. The number of hydrogen-bond donors (Lipinski definition) is 1. The molecule has 0 atom stereocenters. The van der Waals surface area contributed by atoms with Crippen molar-refractivity contribution < 1.29 is 4.39 Å². The van der Waals surface area contributed by atoms with Gasteiger partial charge in [-0.15, -0.1) is 0 Å². The average Bonchev–Trinajstić information content (AvgIpc) is 3.22. The van der Waals surface area contributed by atoms with E-state index in [2.05, 4.69) is 30.4 Å². The van der Waals surface area contributed by atoms with Crippen LogP contribution < -0.4 is 5.32 Å². The summed E-state index contributed by atoms with van der Waals surface area (Å²) in [4.78, 5) is 0. The van der Waals surface area contributed by atoms with Crippen LogP contribution in [0, 0.1) is 12.7 Å². The van der Waals surface area contributed by atoms with Gasteiger partial charge in [0.15, 0.2) is 0 Å². The topological polar surface area (TPSA) is 12.0 Å². The van der Waals surface area contributed by atoms with Gasteiger partial charge in [0.1, 0.15) is 5.82 Å². The van der Waals surface area contributed by atoms with E-state index in [1.54, 1.807) is 0 Å². The summed E-state index contributed by atoms with van der Waals surface area (Å²) in [6.07, 6.45) is 2.62. The van der Waals surface area contributed by atoms with Crippen LogP contribution in [0.2, 0.25) is 0 Å². The lowest BCUT2D eigenvalue weighted by Gasteiger charge is -2.09. The zero-order chi connectivity index (χ0) is 13.2. The summed E-state index contributed by atoms with van der Waals surface area (Å²) in [6, 6.07) is 13.9. The fraction of sp³-hybridized carbons (Fsp3) is 0.294. The molecule has 1 aliphatic carbocycles. The highest BCUT2D eigenvalue weighted by Crippen LogP contribution is 2.25. The van der Waals surface area contributed by atoms with Crippen LogP contribution in [0.4, 0.5) is 4.39 Å². The summed E-state index contributed by atoms with van der Waals surface area (Å²) < 4.78 is 12.9. The number of rotatable bonds is 4. The molecule has 0 saturated heterocycles. The third-order valence-electron chi connectivity index (χ3n) is 3.62. The maximum Gasteiger partial charge on any atom is 0.123 e. The van der Waals surface area contributed by atoms with E-state index >= 15 is 0 Å². The van der Waals surface area contributed by atoms with Crippen molar-refractivity contribution in [1.29, 1.82) is 0 Å². The van der Waals surface area contributed by atoms with Gasteiger partial charge in [0.05, 0.1) is 0 Å². The predicted octanol–water partition coefficient (Wildman–Crippen LogP) is 4.05. The molecule has 19 heavy (non-hydrogen) atoms. The van der Waals surface area contributed by atoms with Crippen LogP contribution in [0.3, 0.4) is 0 Å². The second-order valence-electron chi connectivity index (χ2n) is 5.31. The van der Waals surface area contributed by atoms with E-state index < -0.39 is 0 Å². The zero-order valence-corrected chi connectivity index (χ0v) is 11.1. The molecule has 0 spiro atoms. The molecule has 2 aromatic rings. The summed E-state index contributed by atoms with van der Waals surface area (Å²) in [5.41, 5.74) is 4.80. The first-order valence-corrected chi connectivity index (χ1v) is 6.81. The fourth-order valence-electron chi connectivity index (χ4n) is 2.34. The van der Waals surface area contributed by atoms with Gasteiger partial charge in [0, 0.05) is 12.6 Å². The Morgan fingerprint density at radius 2 is 1.84 bits per heavy atom. The smallest absolute Gasteiger partial charge is 0.123 e. The SMILES string of the molecule is Cc1cc(CNC2CC2)ccc1-c1ccc(F)cc1. The van der Waals surface area contributed by atoms with E-state index in [9.17, 15) is 4.39 Å². The van der Waals surface area contributed by atoms with Crippen molar-refractivity contribution >= 4 is 0 Å². The first-order valence-electron chi connectivity index (χ1n) is 6.81. The normalized spacial score (nSPS) is 14.6. The molecule has 3 rings (SSSR count). The fourth-order valence-corrected chi connectivity index (χ4v) is 2.34. The molecule has 98 valence electrons. The van der Waals surface area contributed by atoms with E-state index in [1.807, 2.05) is 12.1 Å². The molecule has 1 N–H and O–H groups in total. The van der Waals surface area contributed by atoms with E-state index in [-0.39, 0.29) is 5.82 Å². The van der Waals surface area contributed by atoms with Crippen molar-refractivity contribution in [3.63, 3.8) is 0 Å². The molecule has 0 aliphatic heterocycles. The first kappa shape index (κ1) is 12.4. The number of nitrogens with one attached hydrogen (secondary N) is 1. The second-order valence-corrected chi connectivity index (χ2v) is 5.31. The Morgan fingerprint density at radius 3 is 2.47 bits per heavy atom. The maximum absolute atomic E-state index is 12.9. The van der Waals surface area contributed by atoms with Crippen molar-refractivity contribution in [2.24, 2.45) is 0 Å². The third-order valence-corrected chi connectivity index (χ3v) is 3.62. The summed E-state index contributed by atoms with van der Waals surface area (Å²) in [6.45, 7) is 3.05. The highest BCUT2D eigenvalue weighted by atomic mass is 19.1. The summed E-state index contributed by atoms with van der Waals surface area (Å²) in [5, 5.41) is 3.52. The van der Waals surface area contributed by atoms with Gasteiger partial charge in [-0.25, -0.2) is 4.39 Å². The van der Waals surface area contributed by atoms with Crippen molar-refractivity contribution in [2.45, 2.75) is 32.4 Å². The quantitative estimate of drug-likeness (QED) is 0.869. The Morgan fingerprint density at radius 1 is 1.11 bits per heavy atom. The minimum atomic E-state index is -0.188. The molecule has 1 saturated carbocycles. The number of aryl methyl sites for hydroxylation is 1. The van der Waals surface area contributed by atoms with Crippen molar-refractivity contribution in [3.05, 3.63) is 59.4 Å². The largest absolute Gasteiger partial charge is 0.310 e. The Kier molecular flexibility index (Phi) is 3.34. The highest BCUT2D eigenvalue weighted by Gasteiger charge is 2.19. The number of halogens is 1. The lowest BCUT2D eigenvalue weighted by molar-refractivity contribution is 0.628. The molecule has 1 nitrogen and oxygen atoms in total. The van der Waals surface area contributed by atoms with Crippen molar-refractivity contribution in [1.82, 2.24) is 5.32 Å². The lowest BCUT2D eigenvalue weighted by atomic mass is 9.98. The Bertz CT molecular complexity index is 570. The second kappa shape index (κ2) is 5.14. The molecule has 0 aromatic heterocycles. The third kappa shape index (κ3) is 3.02. The van der Waals surface area contributed by atoms with Crippen LogP contribution >= 0.6 is 0 Å². The Labute approximate surface area is 113 Å². The van der Waals surface area contributed by atoms with Gasteiger partial charge in [0.25, 0.3) is 0 Å². The van der Waals surface area contributed by atoms with E-state index in [0.717, 1.165) is 18.2 Å². The molecule has 1 fully saturated rings. The van der Waals surface area contributed by atoms with E-state index in [0.29, 0.717) is 0 Å². The molecular formula is C17H18FN. The standard InChI is InChI=1S/C17H18FN/c1-12-10-13(11-19-16-7-8-16)2-9-17(12)14-3-5-15(18)6-4-14/h2-6,9-10,16,19H,7-8,11H2,1H3. The van der Waals surface area contributed by atoms with Gasteiger partial charge in [-0.1, -0.05) is 30.3 Å². The summed E-state index contributed by atoms with van der Waals surface area (Å²) >= 11 is 0. The highest BCUT2D eigenvalue weighted by molar-refractivity contribution is 5.67. The van der Waals surface area contributed by atoms with Gasteiger partial charge in [-0.3, -0.25) is 0 Å². The zero-order valence-electron chi connectivity index (χ0n) is 11.1. The first-order chi connectivity index (χ1) is 9.22. The van der Waals surface area contributed by atoms with Crippen molar-refractivity contribution in [3.8, 4) is 11.1 Å². The van der Waals surface area contributed by atoms with E-state index in [4.69, 9.17) is 0 Å². The number of hydrogen-bond acceptors (Lipinski definition) is 1. The molecule has 0 radical (unpaired) electrons. The monoisotopic (exact) mass is 255 g/mol. The Hall–Kier alpha value is -1.67. The summed E-state index contributed by atoms with van der Waals surface area (Å²) in [5.74, 6) is -0.188. The van der Waals surface area contributed by atoms with Crippen LogP contribution in [-0.4, -0.2) is 6.04 Å². The van der Waals surface area contributed by atoms with Gasteiger partial charge in [-0.05, 0) is 54.2 Å². The van der Waals surface area contributed by atoms with Crippen LogP contribution in [-0.2, 0) is 6.54 Å². The minimum absolute atomic E-state index is 0.188. The summed E-state index contributed by atoms with van der Waals surface area (Å²) in [7, 11) is 0. The van der Waals surface area contributed by atoms with Gasteiger partial charge in [-0.2, -0.15) is 0 Å². The molecule has 2 heteroatoms. The van der Waals surface area contributed by atoms with Gasteiger partial charge < -0.3 is 5.32 Å². The molecule has 0 heterocycles. The van der Waals surface area contributed by atoms with Crippen LogP contribution in [0.15, 0.2) is 42.5 Å². The lowest BCUT2D eigenvalue weighted by Crippen LogP contribution is -2.15. The molecular weight excluding hydrogens is 237 g/mol. The average molecular weight is 255 g/mol. The van der Waals surface area contributed by atoms with Crippen LogP contribution in [0.25, 0.3) is 11.1 Å². The number of benzene rings is 2. The maximum atomic E-state index is 12.9. The van der Waals surface area contributed by atoms with E-state index in [1.165, 1.54) is 41.7 Å². The Balaban J connectivity index is 1.80. The minimum Gasteiger partial charge on any atom is -0.310 e. The molecule has 1 aliphatic rings. The molecule has 0 bridgehead atoms. The van der Waals surface area contributed by atoms with Crippen LogP contribution in [0.1, 0.15) is 24.0 Å².